The van der Waals surface area contributed by atoms with E-state index in [9.17, 15) is 9.59 Å². The molecule has 2 aliphatic heterocycles. The normalized spacial score (nSPS) is 20.2. The minimum absolute atomic E-state index is 0.00102. The van der Waals surface area contributed by atoms with Gasteiger partial charge in [0, 0.05) is 43.9 Å². The highest BCUT2D eigenvalue weighted by Crippen LogP contribution is 2.38. The summed E-state index contributed by atoms with van der Waals surface area (Å²) in [5.41, 5.74) is 3.39. The van der Waals surface area contributed by atoms with Crippen molar-refractivity contribution in [2.24, 2.45) is 5.92 Å². The van der Waals surface area contributed by atoms with Crippen LogP contribution >= 0.6 is 0 Å². The van der Waals surface area contributed by atoms with Gasteiger partial charge in [-0.05, 0) is 49.3 Å². The van der Waals surface area contributed by atoms with Gasteiger partial charge in [-0.15, -0.1) is 0 Å². The van der Waals surface area contributed by atoms with Crippen LogP contribution in [0, 0.1) is 5.92 Å². The highest BCUT2D eigenvalue weighted by atomic mass is 16.5. The van der Waals surface area contributed by atoms with Gasteiger partial charge in [-0.3, -0.25) is 9.59 Å². The van der Waals surface area contributed by atoms with Crippen LogP contribution in [0.25, 0.3) is 11.1 Å². The van der Waals surface area contributed by atoms with Crippen molar-refractivity contribution in [3.05, 3.63) is 45.9 Å². The number of carbonyl (C=O) groups is 1. The number of methoxy groups -OCH3 is 2. The fourth-order valence-electron chi connectivity index (χ4n) is 4.93. The zero-order chi connectivity index (χ0) is 22.2. The van der Waals surface area contributed by atoms with Gasteiger partial charge in [0.05, 0.1) is 19.8 Å². The number of ether oxygens (including phenoxy) is 3. The Bertz CT molecular complexity index is 1080. The van der Waals surface area contributed by atoms with Gasteiger partial charge in [-0.1, -0.05) is 12.1 Å². The van der Waals surface area contributed by atoms with Crippen LogP contribution in [-0.4, -0.2) is 48.8 Å². The number of rotatable bonds is 6. The lowest BCUT2D eigenvalue weighted by Gasteiger charge is -2.32. The predicted octanol–water partition coefficient (Wildman–Crippen LogP) is 3.01. The first-order valence-corrected chi connectivity index (χ1v) is 11.5. The number of aromatic nitrogens is 1. The highest BCUT2D eigenvalue weighted by molar-refractivity contribution is 5.81. The highest BCUT2D eigenvalue weighted by Gasteiger charge is 2.33. The van der Waals surface area contributed by atoms with Gasteiger partial charge < -0.3 is 23.7 Å². The van der Waals surface area contributed by atoms with Crippen molar-refractivity contribution >= 4 is 5.91 Å². The molecule has 0 bridgehead atoms. The van der Waals surface area contributed by atoms with Gasteiger partial charge in [0.15, 0.2) is 11.5 Å². The molecule has 1 amide bonds. The van der Waals surface area contributed by atoms with E-state index in [2.05, 4.69) is 0 Å². The average Bonchev–Trinajstić information content (AvgIpc) is 3.48. The molecule has 1 aromatic heterocycles. The molecule has 5 rings (SSSR count). The fraction of sp³-hybridized carbons (Fsp3) is 0.520. The maximum atomic E-state index is 13.7. The Labute approximate surface area is 187 Å². The first-order chi connectivity index (χ1) is 15.6. The van der Waals surface area contributed by atoms with Crippen LogP contribution in [0.2, 0.25) is 0 Å². The van der Waals surface area contributed by atoms with Crippen LogP contribution in [0.5, 0.6) is 11.5 Å². The van der Waals surface area contributed by atoms with E-state index in [0.717, 1.165) is 43.5 Å². The Morgan fingerprint density at radius 3 is 2.69 bits per heavy atom. The molecule has 7 nitrogen and oxygen atoms in total. The number of hydrogen-bond acceptors (Lipinski definition) is 5. The van der Waals surface area contributed by atoms with E-state index in [1.165, 1.54) is 0 Å². The van der Waals surface area contributed by atoms with E-state index < -0.39 is 0 Å². The lowest BCUT2D eigenvalue weighted by molar-refractivity contribution is -0.141. The zero-order valence-electron chi connectivity index (χ0n) is 18.8. The third-order valence-electron chi connectivity index (χ3n) is 6.82. The summed E-state index contributed by atoms with van der Waals surface area (Å²) in [6.45, 7) is 2.51. The van der Waals surface area contributed by atoms with Gasteiger partial charge in [-0.2, -0.15) is 0 Å². The molecule has 0 spiro atoms. The van der Waals surface area contributed by atoms with E-state index >= 15 is 0 Å². The summed E-state index contributed by atoms with van der Waals surface area (Å²) in [7, 11) is 3.18. The van der Waals surface area contributed by atoms with Crippen molar-refractivity contribution in [1.29, 1.82) is 0 Å². The Morgan fingerprint density at radius 2 is 2.00 bits per heavy atom. The van der Waals surface area contributed by atoms with E-state index in [1.807, 2.05) is 33.7 Å². The average molecular weight is 439 g/mol. The number of para-hydroxylation sites is 1. The Hall–Kier alpha value is -2.80. The third kappa shape index (κ3) is 3.79. The number of pyridine rings is 1. The Balaban J connectivity index is 1.58. The Morgan fingerprint density at radius 1 is 1.16 bits per heavy atom. The maximum Gasteiger partial charge on any atom is 0.258 e. The van der Waals surface area contributed by atoms with E-state index in [-0.39, 0.29) is 17.6 Å². The van der Waals surface area contributed by atoms with Crippen LogP contribution in [0.3, 0.4) is 0 Å². The summed E-state index contributed by atoms with van der Waals surface area (Å²) >= 11 is 0. The van der Waals surface area contributed by atoms with Crippen molar-refractivity contribution in [1.82, 2.24) is 9.47 Å². The number of carbonyl (C=O) groups excluding carboxylic acids is 1. The third-order valence-corrected chi connectivity index (χ3v) is 6.82. The van der Waals surface area contributed by atoms with Crippen molar-refractivity contribution in [2.75, 3.05) is 27.4 Å². The monoisotopic (exact) mass is 438 g/mol. The number of benzene rings is 1. The molecular weight excluding hydrogens is 408 g/mol. The molecule has 1 aliphatic carbocycles. The molecule has 1 unspecified atom stereocenters. The molecule has 3 heterocycles. The molecule has 3 aliphatic rings. The molecule has 7 heteroatoms. The first kappa shape index (κ1) is 21.1. The molecule has 1 atom stereocenters. The quantitative estimate of drug-likeness (QED) is 0.694. The summed E-state index contributed by atoms with van der Waals surface area (Å²) in [6, 6.07) is 7.54. The van der Waals surface area contributed by atoms with E-state index in [1.54, 1.807) is 14.2 Å². The SMILES string of the molecule is COc1cccc(-c2cc3c(n(CC4CC4)c2=O)CCN(C(=O)C2CCCO2)C3)c1OC. The maximum absolute atomic E-state index is 13.7. The van der Waals surface area contributed by atoms with Crippen molar-refractivity contribution in [2.45, 2.75) is 51.3 Å². The van der Waals surface area contributed by atoms with Crippen LogP contribution < -0.4 is 15.0 Å². The van der Waals surface area contributed by atoms with Crippen LogP contribution in [0.15, 0.2) is 29.1 Å². The van der Waals surface area contributed by atoms with Crippen LogP contribution in [-0.2, 0) is 29.0 Å². The minimum Gasteiger partial charge on any atom is -0.493 e. The number of amides is 1. The molecule has 170 valence electrons. The number of nitrogens with zero attached hydrogens (tertiary/aromatic N) is 2. The molecule has 2 fully saturated rings. The lowest BCUT2D eigenvalue weighted by atomic mass is 9.97. The molecule has 2 aromatic rings. The van der Waals surface area contributed by atoms with E-state index in [4.69, 9.17) is 14.2 Å². The van der Waals surface area contributed by atoms with Gasteiger partial charge in [0.2, 0.25) is 0 Å². The van der Waals surface area contributed by atoms with Gasteiger partial charge in [0.1, 0.15) is 6.10 Å². The van der Waals surface area contributed by atoms with Gasteiger partial charge in [0.25, 0.3) is 11.5 Å². The summed E-state index contributed by atoms with van der Waals surface area (Å²) in [5, 5.41) is 0. The van der Waals surface area contributed by atoms with Crippen molar-refractivity contribution in [3.8, 4) is 22.6 Å². The summed E-state index contributed by atoms with van der Waals surface area (Å²) in [4.78, 5) is 28.5. The summed E-state index contributed by atoms with van der Waals surface area (Å²) in [5.74, 6) is 1.76. The molecule has 32 heavy (non-hydrogen) atoms. The molecular formula is C25H30N2O5. The number of fused-ring (bicyclic) bond motifs is 1. The smallest absolute Gasteiger partial charge is 0.258 e. The largest absolute Gasteiger partial charge is 0.493 e. The van der Waals surface area contributed by atoms with Crippen molar-refractivity contribution in [3.63, 3.8) is 0 Å². The molecule has 1 saturated carbocycles. The molecule has 1 aromatic carbocycles. The molecule has 0 radical (unpaired) electrons. The molecule has 1 saturated heterocycles. The topological polar surface area (TPSA) is 70.0 Å². The summed E-state index contributed by atoms with van der Waals surface area (Å²) in [6.07, 6.45) is 4.41. The van der Waals surface area contributed by atoms with Crippen LogP contribution in [0.1, 0.15) is 36.9 Å². The minimum atomic E-state index is -0.327. The Kier molecular flexibility index (Phi) is 5.67. The summed E-state index contributed by atoms with van der Waals surface area (Å²) < 4.78 is 18.7. The molecule has 0 N–H and O–H groups in total. The standard InChI is InChI=1S/C25H30N2O5/c1-30-21-6-3-5-18(23(21)31-2)19-13-17-15-26(25(29)22-7-4-12-32-22)11-10-20(17)27(24(19)28)14-16-8-9-16/h3,5-6,13,16,22H,4,7-12,14-15H2,1-2H3. The number of hydrogen-bond donors (Lipinski definition) is 0. The second kappa shape index (κ2) is 8.62. The van der Waals surface area contributed by atoms with E-state index in [0.29, 0.717) is 54.7 Å². The second-order valence-corrected chi connectivity index (χ2v) is 8.94. The zero-order valence-corrected chi connectivity index (χ0v) is 18.8. The van der Waals surface area contributed by atoms with Crippen molar-refractivity contribution < 1.29 is 19.0 Å². The van der Waals surface area contributed by atoms with Crippen LogP contribution in [0.4, 0.5) is 0 Å². The first-order valence-electron chi connectivity index (χ1n) is 11.5. The second-order valence-electron chi connectivity index (χ2n) is 8.94. The lowest BCUT2D eigenvalue weighted by Crippen LogP contribution is -2.43. The predicted molar refractivity (Wildman–Crippen MR) is 120 cm³/mol. The van der Waals surface area contributed by atoms with Gasteiger partial charge >= 0.3 is 0 Å². The van der Waals surface area contributed by atoms with Gasteiger partial charge in [-0.25, -0.2) is 0 Å². The fourth-order valence-corrected chi connectivity index (χ4v) is 4.93.